The molecule has 0 radical (unpaired) electrons. The van der Waals surface area contributed by atoms with Gasteiger partial charge in [0.05, 0.1) is 6.42 Å². The molecule has 0 aliphatic rings. The van der Waals surface area contributed by atoms with Crippen molar-refractivity contribution in [1.29, 1.82) is 0 Å². The van der Waals surface area contributed by atoms with E-state index in [0.29, 0.717) is 0 Å². The lowest BCUT2D eigenvalue weighted by Gasteiger charge is -2.22. The molecule has 5 N–H and O–H groups in total. The Morgan fingerprint density at radius 2 is 1.21 bits per heavy atom. The van der Waals surface area contributed by atoms with Gasteiger partial charge in [-0.25, -0.2) is 0 Å². The first-order valence-electron chi connectivity index (χ1n) is 5.32. The number of carboxylic acids is 1. The van der Waals surface area contributed by atoms with Crippen LogP contribution in [0.1, 0.15) is 12.6 Å². The van der Waals surface area contributed by atoms with Crippen LogP contribution in [0, 0.1) is 0 Å². The fourth-order valence-electron chi connectivity index (χ4n) is 1.92. The molecule has 8 nitrogen and oxygen atoms in total. The summed E-state index contributed by atoms with van der Waals surface area (Å²) in [7, 11) is 0. The van der Waals surface area contributed by atoms with Gasteiger partial charge < -0.3 is 25.5 Å². The van der Waals surface area contributed by atoms with E-state index in [0.717, 1.165) is 9.13 Å². The summed E-state index contributed by atoms with van der Waals surface area (Å²) in [5.74, 6) is -2.80. The molecule has 2 rings (SSSR count). The van der Waals surface area contributed by atoms with Crippen molar-refractivity contribution >= 4 is 5.97 Å². The average Bonchev–Trinajstić information content (AvgIpc) is 2.81. The molecular formula is C11H12N2O6. The monoisotopic (exact) mass is 268 g/mol. The first-order valence-corrected chi connectivity index (χ1v) is 5.32. The van der Waals surface area contributed by atoms with Crippen LogP contribution in [0.15, 0.2) is 24.3 Å². The van der Waals surface area contributed by atoms with Gasteiger partial charge in [-0.2, -0.15) is 0 Å². The summed E-state index contributed by atoms with van der Waals surface area (Å²) in [6.07, 6.45) is -1.77. The normalized spacial score (nSPS) is 11.0. The Labute approximate surface area is 107 Å². The lowest BCUT2D eigenvalue weighted by atomic mass is 10.3. The minimum atomic E-state index is -1.23. The summed E-state index contributed by atoms with van der Waals surface area (Å²) in [4.78, 5) is 10.9. The second-order valence-electron chi connectivity index (χ2n) is 3.92. The molecule has 19 heavy (non-hydrogen) atoms. The van der Waals surface area contributed by atoms with Crippen LogP contribution in [-0.2, 0) is 4.79 Å². The van der Waals surface area contributed by atoms with Crippen LogP contribution < -0.4 is 0 Å². The number of aromatic nitrogens is 2. The van der Waals surface area contributed by atoms with Gasteiger partial charge in [-0.3, -0.25) is 13.9 Å². The van der Waals surface area contributed by atoms with E-state index in [4.69, 9.17) is 5.11 Å². The van der Waals surface area contributed by atoms with Gasteiger partial charge in [0.25, 0.3) is 0 Å². The Kier molecular flexibility index (Phi) is 2.99. The summed E-state index contributed by atoms with van der Waals surface area (Å²) in [6.45, 7) is 0. The molecule has 0 amide bonds. The third-order valence-electron chi connectivity index (χ3n) is 2.70. The molecule has 0 aromatic carbocycles. The molecule has 2 aromatic heterocycles. The third kappa shape index (κ3) is 2.15. The second kappa shape index (κ2) is 4.48. The van der Waals surface area contributed by atoms with E-state index in [-0.39, 0.29) is 0 Å². The molecule has 0 unspecified atom stereocenters. The van der Waals surface area contributed by atoms with Crippen LogP contribution in [0.5, 0.6) is 23.5 Å². The van der Waals surface area contributed by atoms with Gasteiger partial charge in [0.15, 0.2) is 23.5 Å². The maximum Gasteiger partial charge on any atom is 0.307 e. The minimum absolute atomic E-state index is 0.392. The molecule has 0 saturated carbocycles. The molecular weight excluding hydrogens is 256 g/mol. The molecule has 0 fully saturated rings. The Morgan fingerprint density at radius 3 is 1.47 bits per heavy atom. The van der Waals surface area contributed by atoms with Crippen molar-refractivity contribution < 1.29 is 30.3 Å². The molecule has 0 bridgehead atoms. The van der Waals surface area contributed by atoms with Crippen molar-refractivity contribution in [2.75, 3.05) is 0 Å². The number of aromatic hydroxyl groups is 4. The predicted octanol–water partition coefficient (Wildman–Crippen LogP) is 0.634. The van der Waals surface area contributed by atoms with Gasteiger partial charge in [0.1, 0.15) is 6.17 Å². The van der Waals surface area contributed by atoms with Gasteiger partial charge in [0.2, 0.25) is 0 Å². The van der Waals surface area contributed by atoms with Gasteiger partial charge in [-0.05, 0) is 0 Å². The topological polar surface area (TPSA) is 128 Å². The van der Waals surface area contributed by atoms with E-state index in [9.17, 15) is 25.2 Å². The van der Waals surface area contributed by atoms with Crippen molar-refractivity contribution in [3.8, 4) is 23.5 Å². The molecule has 2 aromatic rings. The lowest BCUT2D eigenvalue weighted by Crippen LogP contribution is -2.20. The van der Waals surface area contributed by atoms with Crippen molar-refractivity contribution in [3.63, 3.8) is 0 Å². The van der Waals surface area contributed by atoms with Crippen molar-refractivity contribution in [2.45, 2.75) is 12.6 Å². The summed E-state index contributed by atoms with van der Waals surface area (Å²) >= 11 is 0. The Bertz CT molecular complexity index is 529. The largest absolute Gasteiger partial charge is 0.494 e. The molecule has 102 valence electrons. The summed E-state index contributed by atoms with van der Waals surface area (Å²) in [5.41, 5.74) is 0. The molecule has 8 heteroatoms. The second-order valence-corrected chi connectivity index (χ2v) is 3.92. The molecule has 0 atom stereocenters. The minimum Gasteiger partial charge on any atom is -0.494 e. The van der Waals surface area contributed by atoms with Gasteiger partial charge in [-0.1, -0.05) is 0 Å². The number of aliphatic carboxylic acids is 1. The highest BCUT2D eigenvalue weighted by Gasteiger charge is 2.26. The maximum absolute atomic E-state index is 10.9. The van der Waals surface area contributed by atoms with E-state index in [2.05, 4.69) is 0 Å². The van der Waals surface area contributed by atoms with Gasteiger partial charge in [0, 0.05) is 24.3 Å². The predicted molar refractivity (Wildman–Crippen MR) is 62.2 cm³/mol. The van der Waals surface area contributed by atoms with Crippen molar-refractivity contribution in [2.24, 2.45) is 0 Å². The van der Waals surface area contributed by atoms with Crippen LogP contribution in [0.3, 0.4) is 0 Å². The third-order valence-corrected chi connectivity index (χ3v) is 2.70. The zero-order chi connectivity index (χ0) is 14.2. The van der Waals surface area contributed by atoms with E-state index in [1.54, 1.807) is 0 Å². The number of nitrogens with zero attached hydrogens (tertiary/aromatic N) is 2. The Morgan fingerprint density at radius 1 is 0.895 bits per heavy atom. The van der Waals surface area contributed by atoms with E-state index in [1.165, 1.54) is 24.3 Å². The maximum atomic E-state index is 10.9. The standard InChI is InChI=1S/C11H12N2O6/c14-7-1-2-8(15)12(7)6(5-11(18)19)13-9(16)3-4-10(13)17/h1-4,6,14-17H,5H2,(H,18,19). The molecule has 0 saturated heterocycles. The molecule has 0 spiro atoms. The zero-order valence-electron chi connectivity index (χ0n) is 9.63. The summed E-state index contributed by atoms with van der Waals surface area (Å²) < 4.78 is 1.76. The first-order chi connectivity index (χ1) is 8.91. The number of rotatable bonds is 4. The number of carbonyl (C=O) groups is 1. The van der Waals surface area contributed by atoms with E-state index >= 15 is 0 Å². The van der Waals surface area contributed by atoms with Crippen LogP contribution in [0.2, 0.25) is 0 Å². The van der Waals surface area contributed by atoms with E-state index < -0.39 is 42.1 Å². The highest BCUT2D eigenvalue weighted by Crippen LogP contribution is 2.35. The van der Waals surface area contributed by atoms with Crippen LogP contribution in [-0.4, -0.2) is 40.6 Å². The first kappa shape index (κ1) is 12.7. The Hall–Kier alpha value is -2.77. The van der Waals surface area contributed by atoms with Gasteiger partial charge in [-0.15, -0.1) is 0 Å². The van der Waals surface area contributed by atoms with Crippen molar-refractivity contribution in [1.82, 2.24) is 9.13 Å². The van der Waals surface area contributed by atoms with E-state index in [1.807, 2.05) is 0 Å². The quantitative estimate of drug-likeness (QED) is 0.553. The smallest absolute Gasteiger partial charge is 0.307 e. The summed E-state index contributed by atoms with van der Waals surface area (Å²) in [6, 6.07) is 4.67. The highest BCUT2D eigenvalue weighted by molar-refractivity contribution is 5.67. The molecule has 0 aliphatic heterocycles. The average molecular weight is 268 g/mol. The fraction of sp³-hybridized carbons (Fsp3) is 0.182. The van der Waals surface area contributed by atoms with Crippen LogP contribution in [0.25, 0.3) is 0 Å². The number of hydrogen-bond acceptors (Lipinski definition) is 5. The lowest BCUT2D eigenvalue weighted by molar-refractivity contribution is -0.138. The number of carboxylic acid groups (broad SMARTS) is 1. The highest BCUT2D eigenvalue weighted by atomic mass is 16.4. The summed E-state index contributed by atoms with van der Waals surface area (Å²) in [5, 5.41) is 47.4. The number of hydrogen-bond donors (Lipinski definition) is 5. The SMILES string of the molecule is O=C(O)CC(n1c(O)ccc1O)n1c(O)ccc1O. The van der Waals surface area contributed by atoms with Crippen LogP contribution >= 0.6 is 0 Å². The van der Waals surface area contributed by atoms with Crippen molar-refractivity contribution in [3.05, 3.63) is 24.3 Å². The zero-order valence-corrected chi connectivity index (χ0v) is 9.63. The molecule has 0 aliphatic carbocycles. The Balaban J connectivity index is 2.57. The van der Waals surface area contributed by atoms with Gasteiger partial charge >= 0.3 is 5.97 Å². The molecule has 2 heterocycles. The fourth-order valence-corrected chi connectivity index (χ4v) is 1.92. The van der Waals surface area contributed by atoms with Crippen LogP contribution in [0.4, 0.5) is 0 Å².